The second-order valence-electron chi connectivity index (χ2n) is 5.48. The van der Waals surface area contributed by atoms with Crippen molar-refractivity contribution in [2.75, 3.05) is 5.84 Å². The SMILES string of the molecule is CC(C)(C)c1nnc(Sc2nc3ccccc3o2)n1N. The quantitative estimate of drug-likeness (QED) is 0.730. The Morgan fingerprint density at radius 2 is 1.95 bits per heavy atom. The maximum Gasteiger partial charge on any atom is 0.264 e. The molecule has 0 amide bonds. The second kappa shape index (κ2) is 4.52. The highest BCUT2D eigenvalue weighted by atomic mass is 32.2. The molecule has 0 saturated heterocycles. The molecule has 7 heteroatoms. The summed E-state index contributed by atoms with van der Waals surface area (Å²) in [4.78, 5) is 4.38. The predicted octanol–water partition coefficient (Wildman–Crippen LogP) is 2.58. The van der Waals surface area contributed by atoms with E-state index in [1.165, 1.54) is 16.4 Å². The normalized spacial score (nSPS) is 12.2. The fraction of sp³-hybridized carbons (Fsp3) is 0.308. The minimum absolute atomic E-state index is 0.165. The Balaban J connectivity index is 1.93. The van der Waals surface area contributed by atoms with Crippen LogP contribution in [0.3, 0.4) is 0 Å². The van der Waals surface area contributed by atoms with E-state index in [0.29, 0.717) is 10.4 Å². The summed E-state index contributed by atoms with van der Waals surface area (Å²) in [6, 6.07) is 7.60. The van der Waals surface area contributed by atoms with E-state index in [1.54, 1.807) is 0 Å². The molecule has 0 spiro atoms. The summed E-state index contributed by atoms with van der Waals surface area (Å²) in [6.45, 7) is 6.11. The topological polar surface area (TPSA) is 82.8 Å². The fourth-order valence-corrected chi connectivity index (χ4v) is 2.53. The molecule has 104 valence electrons. The molecular weight excluding hydrogens is 274 g/mol. The predicted molar refractivity (Wildman–Crippen MR) is 77.0 cm³/mol. The number of hydrogen-bond acceptors (Lipinski definition) is 6. The Morgan fingerprint density at radius 3 is 2.60 bits per heavy atom. The van der Waals surface area contributed by atoms with E-state index < -0.39 is 0 Å². The van der Waals surface area contributed by atoms with Crippen molar-refractivity contribution in [2.45, 2.75) is 36.6 Å². The number of nitrogens with two attached hydrogens (primary N) is 1. The lowest BCUT2D eigenvalue weighted by molar-refractivity contribution is 0.487. The van der Waals surface area contributed by atoms with Gasteiger partial charge in [-0.2, -0.15) is 0 Å². The van der Waals surface area contributed by atoms with E-state index in [4.69, 9.17) is 10.3 Å². The van der Waals surface area contributed by atoms with Crippen molar-refractivity contribution < 1.29 is 4.42 Å². The highest BCUT2D eigenvalue weighted by Crippen LogP contribution is 2.30. The van der Waals surface area contributed by atoms with Crippen LogP contribution in [0.15, 0.2) is 39.1 Å². The first-order valence-corrected chi connectivity index (χ1v) is 7.01. The van der Waals surface area contributed by atoms with Crippen molar-refractivity contribution in [3.05, 3.63) is 30.1 Å². The molecule has 0 atom stereocenters. The molecule has 0 fully saturated rings. The van der Waals surface area contributed by atoms with Gasteiger partial charge in [-0.25, -0.2) is 9.66 Å². The molecule has 0 aliphatic carbocycles. The third kappa shape index (κ3) is 2.24. The highest BCUT2D eigenvalue weighted by molar-refractivity contribution is 7.99. The molecule has 0 saturated carbocycles. The van der Waals surface area contributed by atoms with Crippen LogP contribution in [0.5, 0.6) is 0 Å². The Kier molecular flexibility index (Phi) is 2.93. The Hall–Kier alpha value is -2.02. The first-order valence-electron chi connectivity index (χ1n) is 6.19. The number of para-hydroxylation sites is 2. The van der Waals surface area contributed by atoms with Crippen molar-refractivity contribution in [2.24, 2.45) is 0 Å². The number of fused-ring (bicyclic) bond motifs is 1. The number of aromatic nitrogens is 4. The van der Waals surface area contributed by atoms with Crippen LogP contribution < -0.4 is 5.84 Å². The van der Waals surface area contributed by atoms with Gasteiger partial charge in [-0.05, 0) is 12.1 Å². The highest BCUT2D eigenvalue weighted by Gasteiger charge is 2.24. The third-order valence-corrected chi connectivity index (χ3v) is 3.60. The van der Waals surface area contributed by atoms with Gasteiger partial charge in [-0.1, -0.05) is 32.9 Å². The van der Waals surface area contributed by atoms with Crippen LogP contribution >= 0.6 is 11.8 Å². The number of hydrogen-bond donors (Lipinski definition) is 1. The van der Waals surface area contributed by atoms with Gasteiger partial charge in [0.05, 0.1) is 0 Å². The second-order valence-corrected chi connectivity index (χ2v) is 6.39. The van der Waals surface area contributed by atoms with Gasteiger partial charge in [-0.3, -0.25) is 0 Å². The summed E-state index contributed by atoms with van der Waals surface area (Å²) in [5.41, 5.74) is 1.39. The van der Waals surface area contributed by atoms with Gasteiger partial charge < -0.3 is 10.3 Å². The van der Waals surface area contributed by atoms with Crippen molar-refractivity contribution in [1.82, 2.24) is 19.9 Å². The zero-order valence-electron chi connectivity index (χ0n) is 11.5. The molecule has 0 bridgehead atoms. The van der Waals surface area contributed by atoms with Gasteiger partial charge in [0, 0.05) is 17.2 Å². The lowest BCUT2D eigenvalue weighted by Crippen LogP contribution is -2.24. The van der Waals surface area contributed by atoms with Crippen LogP contribution in [0, 0.1) is 0 Å². The van der Waals surface area contributed by atoms with Crippen LogP contribution in [0.4, 0.5) is 0 Å². The maximum absolute atomic E-state index is 6.03. The monoisotopic (exact) mass is 289 g/mol. The standard InChI is InChI=1S/C13H15N5OS/c1-13(2,3)10-16-17-11(18(10)14)20-12-15-8-6-4-5-7-9(8)19-12/h4-7H,14H2,1-3H3. The van der Waals surface area contributed by atoms with Crippen molar-refractivity contribution in [1.29, 1.82) is 0 Å². The summed E-state index contributed by atoms with van der Waals surface area (Å²) in [5, 5.41) is 9.30. The summed E-state index contributed by atoms with van der Waals surface area (Å²) in [6.07, 6.45) is 0. The summed E-state index contributed by atoms with van der Waals surface area (Å²) >= 11 is 1.26. The number of rotatable bonds is 2. The molecular formula is C13H15N5OS. The van der Waals surface area contributed by atoms with Crippen LogP contribution in [-0.4, -0.2) is 19.9 Å². The maximum atomic E-state index is 6.03. The smallest absolute Gasteiger partial charge is 0.264 e. The van der Waals surface area contributed by atoms with Crippen LogP contribution in [-0.2, 0) is 5.41 Å². The molecule has 0 aliphatic rings. The number of oxazole rings is 1. The zero-order valence-corrected chi connectivity index (χ0v) is 12.3. The molecule has 0 radical (unpaired) electrons. The minimum Gasteiger partial charge on any atom is -0.431 e. The first kappa shape index (κ1) is 13.0. The van der Waals surface area contributed by atoms with Crippen molar-refractivity contribution >= 4 is 22.9 Å². The molecule has 3 rings (SSSR count). The van der Waals surface area contributed by atoms with Gasteiger partial charge >= 0.3 is 0 Å². The number of benzene rings is 1. The van der Waals surface area contributed by atoms with Crippen LogP contribution in [0.2, 0.25) is 0 Å². The lowest BCUT2D eigenvalue weighted by Gasteiger charge is -2.16. The van der Waals surface area contributed by atoms with E-state index in [-0.39, 0.29) is 5.41 Å². The van der Waals surface area contributed by atoms with Gasteiger partial charge in [0.1, 0.15) is 5.52 Å². The van der Waals surface area contributed by atoms with Crippen molar-refractivity contribution in [3.63, 3.8) is 0 Å². The summed E-state index contributed by atoms with van der Waals surface area (Å²) in [5.74, 6) is 6.75. The van der Waals surface area contributed by atoms with Crippen LogP contribution in [0.25, 0.3) is 11.1 Å². The Bertz CT molecular complexity index is 723. The van der Waals surface area contributed by atoms with Crippen molar-refractivity contribution in [3.8, 4) is 0 Å². The molecule has 2 heterocycles. The molecule has 1 aromatic carbocycles. The van der Waals surface area contributed by atoms with Gasteiger partial charge in [-0.15, -0.1) is 10.2 Å². The van der Waals surface area contributed by atoms with Gasteiger partial charge in [0.25, 0.3) is 5.22 Å². The van der Waals surface area contributed by atoms with E-state index >= 15 is 0 Å². The Labute approximate surface area is 120 Å². The molecule has 2 N–H and O–H groups in total. The minimum atomic E-state index is -0.165. The molecule has 20 heavy (non-hydrogen) atoms. The number of nitrogens with zero attached hydrogens (tertiary/aromatic N) is 4. The van der Waals surface area contributed by atoms with E-state index in [1.807, 2.05) is 45.0 Å². The molecule has 0 unspecified atom stereocenters. The van der Waals surface area contributed by atoms with Crippen LogP contribution in [0.1, 0.15) is 26.6 Å². The Morgan fingerprint density at radius 1 is 1.20 bits per heavy atom. The van der Waals surface area contributed by atoms with E-state index in [9.17, 15) is 0 Å². The largest absolute Gasteiger partial charge is 0.431 e. The molecule has 0 aliphatic heterocycles. The first-order chi connectivity index (χ1) is 9.45. The molecule has 3 aromatic rings. The molecule has 2 aromatic heterocycles. The van der Waals surface area contributed by atoms with E-state index in [2.05, 4.69) is 15.2 Å². The summed E-state index contributed by atoms with van der Waals surface area (Å²) < 4.78 is 7.12. The lowest BCUT2D eigenvalue weighted by atomic mass is 9.96. The van der Waals surface area contributed by atoms with Gasteiger partial charge in [0.15, 0.2) is 11.4 Å². The van der Waals surface area contributed by atoms with E-state index in [0.717, 1.165) is 16.9 Å². The third-order valence-electron chi connectivity index (χ3n) is 2.79. The fourth-order valence-electron chi connectivity index (χ4n) is 1.83. The van der Waals surface area contributed by atoms with Gasteiger partial charge in [0.2, 0.25) is 5.16 Å². The number of nitrogen functional groups attached to an aromatic ring is 1. The molecule has 6 nitrogen and oxygen atoms in total. The summed E-state index contributed by atoms with van der Waals surface area (Å²) in [7, 11) is 0. The average Bonchev–Trinajstić information content (AvgIpc) is 2.93. The zero-order chi connectivity index (χ0) is 14.3. The average molecular weight is 289 g/mol.